The van der Waals surface area contributed by atoms with Gasteiger partial charge in [0, 0.05) is 0 Å². The van der Waals surface area contributed by atoms with E-state index in [1.165, 1.54) is 31.2 Å². The number of amides is 1. The summed E-state index contributed by atoms with van der Waals surface area (Å²) >= 11 is 0. The van der Waals surface area contributed by atoms with Crippen LogP contribution in [-0.4, -0.2) is 49.2 Å². The number of benzene rings is 1. The van der Waals surface area contributed by atoms with Gasteiger partial charge in [-0.05, 0) is 19.1 Å². The summed E-state index contributed by atoms with van der Waals surface area (Å²) in [6.45, 7) is 0.570. The van der Waals surface area contributed by atoms with Crippen molar-refractivity contribution in [2.24, 2.45) is 0 Å². The lowest BCUT2D eigenvalue weighted by molar-refractivity contribution is -0.144. The van der Waals surface area contributed by atoms with Crippen molar-refractivity contribution in [3.05, 3.63) is 30.3 Å². The Morgan fingerprint density at radius 1 is 1.24 bits per heavy atom. The van der Waals surface area contributed by atoms with Crippen molar-refractivity contribution in [1.82, 2.24) is 10.0 Å². The second-order valence-electron chi connectivity index (χ2n) is 4.26. The van der Waals surface area contributed by atoms with Crippen LogP contribution in [0.4, 0.5) is 0 Å². The van der Waals surface area contributed by atoms with Crippen molar-refractivity contribution in [2.45, 2.75) is 24.0 Å². The van der Waals surface area contributed by atoms with Crippen molar-refractivity contribution in [3.63, 3.8) is 0 Å². The van der Waals surface area contributed by atoms with Crippen molar-refractivity contribution < 1.29 is 28.2 Å². The minimum absolute atomic E-state index is 0.0110. The topological polar surface area (TPSA) is 133 Å². The Balaban J connectivity index is 2.63. The molecule has 0 saturated heterocycles. The third-order valence-corrected chi connectivity index (χ3v) is 3.96. The average molecular weight is 316 g/mol. The summed E-state index contributed by atoms with van der Waals surface area (Å²) < 4.78 is 25.7. The van der Waals surface area contributed by atoms with E-state index < -0.39 is 40.6 Å². The summed E-state index contributed by atoms with van der Waals surface area (Å²) in [4.78, 5) is 22.3. The predicted octanol–water partition coefficient (Wildman–Crippen LogP) is -1.08. The molecule has 0 aliphatic rings. The van der Waals surface area contributed by atoms with Gasteiger partial charge < -0.3 is 15.5 Å². The normalized spacial score (nSPS) is 14.2. The van der Waals surface area contributed by atoms with E-state index in [0.717, 1.165) is 0 Å². The summed E-state index contributed by atoms with van der Waals surface area (Å²) in [5.74, 6) is -2.27. The SMILES string of the molecule is C[C@@H](O)[C@H](NC(=O)CNS(=O)(=O)c1ccccc1)C(=O)O. The highest BCUT2D eigenvalue weighted by atomic mass is 32.2. The highest BCUT2D eigenvalue weighted by molar-refractivity contribution is 7.89. The fraction of sp³-hybridized carbons (Fsp3) is 0.333. The standard InChI is InChI=1S/C12H16N2O6S/c1-8(15)11(12(17)18)14-10(16)7-13-21(19,20)9-5-3-2-4-6-9/h2-6,8,11,13,15H,7H2,1H3,(H,14,16)(H,17,18)/t8-,11+/m1/s1. The third kappa shape index (κ3) is 5.14. The Bertz CT molecular complexity index is 599. The molecule has 4 N–H and O–H groups in total. The molecule has 9 heteroatoms. The van der Waals surface area contributed by atoms with Crippen LogP contribution in [0.5, 0.6) is 0 Å². The molecule has 1 aromatic rings. The fourth-order valence-electron chi connectivity index (χ4n) is 1.46. The van der Waals surface area contributed by atoms with Crippen molar-refractivity contribution in [3.8, 4) is 0 Å². The first-order chi connectivity index (χ1) is 9.74. The van der Waals surface area contributed by atoms with Gasteiger partial charge >= 0.3 is 5.97 Å². The lowest BCUT2D eigenvalue weighted by Gasteiger charge is -2.17. The second kappa shape index (κ2) is 7.16. The maximum Gasteiger partial charge on any atom is 0.328 e. The minimum Gasteiger partial charge on any atom is -0.480 e. The number of carbonyl (C=O) groups is 2. The Kier molecular flexibility index (Phi) is 5.82. The molecular weight excluding hydrogens is 300 g/mol. The first-order valence-corrected chi connectivity index (χ1v) is 7.47. The van der Waals surface area contributed by atoms with Gasteiger partial charge in [0.2, 0.25) is 15.9 Å². The van der Waals surface area contributed by atoms with Gasteiger partial charge in [0.1, 0.15) is 0 Å². The number of carbonyl (C=O) groups excluding carboxylic acids is 1. The van der Waals surface area contributed by atoms with E-state index in [1.54, 1.807) is 6.07 Å². The maximum absolute atomic E-state index is 11.8. The molecule has 0 fully saturated rings. The van der Waals surface area contributed by atoms with E-state index in [4.69, 9.17) is 5.11 Å². The van der Waals surface area contributed by atoms with Gasteiger partial charge in [-0.3, -0.25) is 4.79 Å². The van der Waals surface area contributed by atoms with Gasteiger partial charge in [0.15, 0.2) is 6.04 Å². The van der Waals surface area contributed by atoms with Crippen LogP contribution >= 0.6 is 0 Å². The predicted molar refractivity (Wildman–Crippen MR) is 72.9 cm³/mol. The van der Waals surface area contributed by atoms with Crippen molar-refractivity contribution in [2.75, 3.05) is 6.54 Å². The Labute approximate surface area is 121 Å². The van der Waals surface area contributed by atoms with E-state index >= 15 is 0 Å². The molecule has 0 saturated carbocycles. The van der Waals surface area contributed by atoms with Crippen LogP contribution in [0.15, 0.2) is 35.2 Å². The van der Waals surface area contributed by atoms with E-state index in [2.05, 4.69) is 0 Å². The lowest BCUT2D eigenvalue weighted by atomic mass is 10.2. The lowest BCUT2D eigenvalue weighted by Crippen LogP contribution is -2.50. The van der Waals surface area contributed by atoms with Crippen molar-refractivity contribution >= 4 is 21.9 Å². The number of nitrogens with one attached hydrogen (secondary N) is 2. The number of rotatable bonds is 7. The van der Waals surface area contributed by atoms with Crippen molar-refractivity contribution in [1.29, 1.82) is 0 Å². The summed E-state index contributed by atoms with van der Waals surface area (Å²) in [6, 6.07) is 5.92. The Morgan fingerprint density at radius 3 is 2.29 bits per heavy atom. The highest BCUT2D eigenvalue weighted by Gasteiger charge is 2.25. The molecule has 0 unspecified atom stereocenters. The molecule has 0 aliphatic carbocycles. The van der Waals surface area contributed by atoms with Crippen LogP contribution in [-0.2, 0) is 19.6 Å². The Morgan fingerprint density at radius 2 is 1.81 bits per heavy atom. The summed E-state index contributed by atoms with van der Waals surface area (Å²) in [5.41, 5.74) is 0. The van der Waals surface area contributed by atoms with Crippen LogP contribution in [0.25, 0.3) is 0 Å². The number of sulfonamides is 1. The molecule has 1 amide bonds. The molecule has 0 bridgehead atoms. The highest BCUT2D eigenvalue weighted by Crippen LogP contribution is 2.06. The Hall–Kier alpha value is -1.97. The number of aliphatic carboxylic acids is 1. The first-order valence-electron chi connectivity index (χ1n) is 5.99. The third-order valence-electron chi connectivity index (χ3n) is 2.54. The molecule has 2 atom stereocenters. The van der Waals surface area contributed by atoms with Crippen LogP contribution < -0.4 is 10.0 Å². The van der Waals surface area contributed by atoms with Crippen LogP contribution in [0, 0.1) is 0 Å². The van der Waals surface area contributed by atoms with Crippen LogP contribution in [0.3, 0.4) is 0 Å². The average Bonchev–Trinajstić information content (AvgIpc) is 2.43. The zero-order valence-corrected chi connectivity index (χ0v) is 12.0. The summed E-state index contributed by atoms with van der Waals surface area (Å²) in [6.07, 6.45) is -1.31. The molecule has 8 nitrogen and oxygen atoms in total. The molecule has 0 aliphatic heterocycles. The number of hydrogen-bond donors (Lipinski definition) is 4. The molecule has 1 rings (SSSR count). The number of carboxylic acids is 1. The molecule has 1 aromatic carbocycles. The molecule has 0 spiro atoms. The quantitative estimate of drug-likeness (QED) is 0.505. The van der Waals surface area contributed by atoms with E-state index in [0.29, 0.717) is 0 Å². The largest absolute Gasteiger partial charge is 0.480 e. The minimum atomic E-state index is -3.85. The van der Waals surface area contributed by atoms with Gasteiger partial charge in [-0.1, -0.05) is 18.2 Å². The molecule has 0 aromatic heterocycles. The van der Waals surface area contributed by atoms with Gasteiger partial charge in [-0.25, -0.2) is 17.9 Å². The maximum atomic E-state index is 11.8. The summed E-state index contributed by atoms with van der Waals surface area (Å²) in [7, 11) is -3.85. The zero-order valence-electron chi connectivity index (χ0n) is 11.2. The van der Waals surface area contributed by atoms with E-state index in [9.17, 15) is 23.1 Å². The molecule has 0 radical (unpaired) electrons. The number of carboxylic acid groups (broad SMARTS) is 1. The fourth-order valence-corrected chi connectivity index (χ4v) is 2.46. The van der Waals surface area contributed by atoms with Crippen LogP contribution in [0.2, 0.25) is 0 Å². The molecular formula is C12H16N2O6S. The number of hydrogen-bond acceptors (Lipinski definition) is 5. The summed E-state index contributed by atoms with van der Waals surface area (Å²) in [5, 5.41) is 20.0. The van der Waals surface area contributed by atoms with Gasteiger partial charge in [-0.15, -0.1) is 0 Å². The number of aliphatic hydroxyl groups is 1. The van der Waals surface area contributed by atoms with Crippen LogP contribution in [0.1, 0.15) is 6.92 Å². The van der Waals surface area contributed by atoms with E-state index in [1.807, 2.05) is 10.0 Å². The zero-order chi connectivity index (χ0) is 16.0. The smallest absolute Gasteiger partial charge is 0.328 e. The van der Waals surface area contributed by atoms with E-state index in [-0.39, 0.29) is 4.90 Å². The van der Waals surface area contributed by atoms with Gasteiger partial charge in [-0.2, -0.15) is 0 Å². The molecule has 116 valence electrons. The number of aliphatic hydroxyl groups excluding tert-OH is 1. The second-order valence-corrected chi connectivity index (χ2v) is 6.03. The van der Waals surface area contributed by atoms with Gasteiger partial charge in [0.05, 0.1) is 17.5 Å². The first kappa shape index (κ1) is 17.1. The molecule has 0 heterocycles. The monoisotopic (exact) mass is 316 g/mol. The van der Waals surface area contributed by atoms with Gasteiger partial charge in [0.25, 0.3) is 0 Å². The molecule has 21 heavy (non-hydrogen) atoms.